The maximum Gasteiger partial charge on any atom is 0.414 e. The molecule has 0 saturated carbocycles. The van der Waals surface area contributed by atoms with Crippen molar-refractivity contribution < 1.29 is 44.3 Å². The highest BCUT2D eigenvalue weighted by Gasteiger charge is 2.25. The highest BCUT2D eigenvalue weighted by Crippen LogP contribution is 2.38. The second kappa shape index (κ2) is 14.8. The Morgan fingerprint density at radius 1 is 0.878 bits per heavy atom. The van der Waals surface area contributed by atoms with Crippen LogP contribution in [-0.4, -0.2) is 85.5 Å². The number of imidazole rings is 1. The summed E-state index contributed by atoms with van der Waals surface area (Å²) in [6, 6.07) is 10.8. The summed E-state index contributed by atoms with van der Waals surface area (Å²) >= 11 is 1.88. The van der Waals surface area contributed by atoms with Crippen molar-refractivity contribution in [3.05, 3.63) is 75.5 Å². The molecular weight excluding hydrogens is 554 g/mol. The van der Waals surface area contributed by atoms with Crippen molar-refractivity contribution in [3.63, 3.8) is 0 Å². The average molecular weight is 586 g/mol. The van der Waals surface area contributed by atoms with Gasteiger partial charge in [0.25, 0.3) is 0 Å². The molecule has 3 aromatic rings. The minimum Gasteiger partial charge on any atom is -0.497 e. The standard InChI is InChI=1S/C24H27N3OS.2C2H2O4/c1-28-21-4-2-18(3-5-21)6-12-26-13-7-19(8-14-26)22-23-20(10-17-29-23)9-15-27-16-11-25-24(22)27;2*3-1(4)2(5)6/h2-5,10-11,16-17H,6-9,12-15H2,1H3;2*(H,3,4)(H,5,6). The highest BCUT2D eigenvalue weighted by molar-refractivity contribution is 7.11. The molecule has 2 aliphatic heterocycles. The smallest absolute Gasteiger partial charge is 0.414 e. The van der Waals surface area contributed by atoms with Crippen molar-refractivity contribution in [1.29, 1.82) is 0 Å². The van der Waals surface area contributed by atoms with Crippen molar-refractivity contribution in [1.82, 2.24) is 14.5 Å². The summed E-state index contributed by atoms with van der Waals surface area (Å²) in [6.07, 6.45) is 8.57. The normalized spacial score (nSPS) is 14.2. The number of aliphatic carboxylic acids is 4. The number of nitrogens with zero attached hydrogens (tertiary/aromatic N) is 3. The SMILES string of the molecule is COc1ccc(CCN2CCC(=C3c4sccc4CCn4ccnc43)CC2)cc1.O=C(O)C(=O)O.O=C(O)C(=O)O. The number of carboxylic acids is 4. The van der Waals surface area contributed by atoms with E-state index >= 15 is 0 Å². The van der Waals surface area contributed by atoms with Crippen LogP contribution in [0.5, 0.6) is 5.75 Å². The van der Waals surface area contributed by atoms with Gasteiger partial charge in [-0.3, -0.25) is 0 Å². The predicted molar refractivity (Wildman–Crippen MR) is 149 cm³/mol. The number of carboxylic acid groups (broad SMARTS) is 4. The largest absolute Gasteiger partial charge is 0.497 e. The first-order valence-electron chi connectivity index (χ1n) is 12.7. The second-order valence-electron chi connectivity index (χ2n) is 9.11. The minimum absolute atomic E-state index is 0.928. The Kier molecular flexibility index (Phi) is 11.2. The van der Waals surface area contributed by atoms with E-state index in [1.165, 1.54) is 27.4 Å². The lowest BCUT2D eigenvalue weighted by Crippen LogP contribution is -2.32. The third-order valence-corrected chi connectivity index (χ3v) is 7.56. The van der Waals surface area contributed by atoms with Gasteiger partial charge < -0.3 is 34.6 Å². The van der Waals surface area contributed by atoms with Crippen LogP contribution in [-0.2, 0) is 38.6 Å². The van der Waals surface area contributed by atoms with E-state index in [2.05, 4.69) is 51.4 Å². The molecule has 1 saturated heterocycles. The van der Waals surface area contributed by atoms with Gasteiger partial charge in [0.1, 0.15) is 11.6 Å². The number of aryl methyl sites for hydroxylation is 2. The summed E-state index contributed by atoms with van der Waals surface area (Å²) in [6.45, 7) is 4.42. The van der Waals surface area contributed by atoms with Gasteiger partial charge in [0.05, 0.1) is 7.11 Å². The number of carbonyl (C=O) groups is 4. The quantitative estimate of drug-likeness (QED) is 0.331. The fourth-order valence-corrected chi connectivity index (χ4v) is 5.55. The van der Waals surface area contributed by atoms with Crippen LogP contribution in [0.25, 0.3) is 5.57 Å². The molecule has 0 spiro atoms. The molecule has 12 nitrogen and oxygen atoms in total. The van der Waals surface area contributed by atoms with Crippen LogP contribution in [0.2, 0.25) is 0 Å². The Balaban J connectivity index is 0.000000326. The first-order valence-corrected chi connectivity index (χ1v) is 13.6. The number of likely N-dealkylation sites (tertiary alicyclic amines) is 1. The molecule has 0 amide bonds. The zero-order valence-corrected chi connectivity index (χ0v) is 23.2. The van der Waals surface area contributed by atoms with Gasteiger partial charge in [0, 0.05) is 49.0 Å². The molecule has 1 fully saturated rings. The van der Waals surface area contributed by atoms with E-state index in [4.69, 9.17) is 49.3 Å². The lowest BCUT2D eigenvalue weighted by Gasteiger charge is -2.29. The van der Waals surface area contributed by atoms with E-state index < -0.39 is 23.9 Å². The van der Waals surface area contributed by atoms with Crippen molar-refractivity contribution in [2.45, 2.75) is 32.2 Å². The van der Waals surface area contributed by atoms with Gasteiger partial charge in [0.2, 0.25) is 0 Å². The second-order valence-corrected chi connectivity index (χ2v) is 10.0. The molecule has 2 aliphatic rings. The molecule has 2 aromatic heterocycles. The lowest BCUT2D eigenvalue weighted by atomic mass is 9.94. The molecule has 218 valence electrons. The molecule has 0 atom stereocenters. The zero-order valence-electron chi connectivity index (χ0n) is 22.4. The number of methoxy groups -OCH3 is 1. The van der Waals surface area contributed by atoms with Gasteiger partial charge in [-0.05, 0) is 60.4 Å². The molecular formula is C28H31N3O9S. The van der Waals surface area contributed by atoms with Crippen molar-refractivity contribution >= 4 is 40.8 Å². The Morgan fingerprint density at radius 3 is 2.05 bits per heavy atom. The summed E-state index contributed by atoms with van der Waals surface area (Å²) in [5.74, 6) is -5.19. The van der Waals surface area contributed by atoms with E-state index in [9.17, 15) is 0 Å². The molecule has 5 rings (SSSR count). The first-order chi connectivity index (χ1) is 19.6. The molecule has 41 heavy (non-hydrogen) atoms. The Morgan fingerprint density at radius 2 is 1.49 bits per heavy atom. The van der Waals surface area contributed by atoms with Gasteiger partial charge in [-0.15, -0.1) is 11.3 Å². The maximum absolute atomic E-state index is 9.10. The zero-order chi connectivity index (χ0) is 29.9. The van der Waals surface area contributed by atoms with E-state index in [1.807, 2.05) is 17.5 Å². The molecule has 4 N–H and O–H groups in total. The van der Waals surface area contributed by atoms with Gasteiger partial charge >= 0.3 is 23.9 Å². The average Bonchev–Trinajstić information content (AvgIpc) is 3.60. The van der Waals surface area contributed by atoms with Crippen molar-refractivity contribution in [2.24, 2.45) is 0 Å². The monoisotopic (exact) mass is 585 g/mol. The van der Waals surface area contributed by atoms with Crippen LogP contribution in [0.15, 0.2) is 53.7 Å². The summed E-state index contributed by atoms with van der Waals surface area (Å²) in [4.78, 5) is 45.2. The summed E-state index contributed by atoms with van der Waals surface area (Å²) < 4.78 is 7.60. The number of fused-ring (bicyclic) bond motifs is 2. The first kappa shape index (κ1) is 31.0. The number of piperidine rings is 1. The van der Waals surface area contributed by atoms with Gasteiger partial charge in [0.15, 0.2) is 0 Å². The molecule has 1 aromatic carbocycles. The van der Waals surface area contributed by atoms with Crippen LogP contribution < -0.4 is 4.74 Å². The van der Waals surface area contributed by atoms with E-state index in [-0.39, 0.29) is 0 Å². The molecule has 0 aliphatic carbocycles. The van der Waals surface area contributed by atoms with Gasteiger partial charge in [-0.2, -0.15) is 0 Å². The summed E-state index contributed by atoms with van der Waals surface area (Å²) in [5, 5.41) is 31.8. The lowest BCUT2D eigenvalue weighted by molar-refractivity contribution is -0.159. The van der Waals surface area contributed by atoms with E-state index in [1.54, 1.807) is 12.7 Å². The third-order valence-electron chi connectivity index (χ3n) is 6.59. The Hall–Kier alpha value is -4.49. The maximum atomic E-state index is 9.10. The number of hydrogen-bond donors (Lipinski definition) is 4. The summed E-state index contributed by atoms with van der Waals surface area (Å²) in [5.41, 5.74) is 5.88. The third kappa shape index (κ3) is 8.75. The van der Waals surface area contributed by atoms with Crippen LogP contribution in [0.1, 0.15) is 34.7 Å². The fourth-order valence-electron chi connectivity index (χ4n) is 4.51. The molecule has 4 heterocycles. The summed E-state index contributed by atoms with van der Waals surface area (Å²) in [7, 11) is 1.72. The van der Waals surface area contributed by atoms with E-state index in [0.717, 1.165) is 57.6 Å². The van der Waals surface area contributed by atoms with Crippen LogP contribution >= 0.6 is 11.3 Å². The van der Waals surface area contributed by atoms with E-state index in [0.29, 0.717) is 0 Å². The van der Waals surface area contributed by atoms with Crippen LogP contribution in [0, 0.1) is 0 Å². The predicted octanol–water partition coefficient (Wildman–Crippen LogP) is 2.96. The van der Waals surface area contributed by atoms with Crippen LogP contribution in [0.3, 0.4) is 0 Å². The van der Waals surface area contributed by atoms with Gasteiger partial charge in [-0.1, -0.05) is 17.7 Å². The minimum atomic E-state index is -1.82. The van der Waals surface area contributed by atoms with Crippen LogP contribution in [0.4, 0.5) is 0 Å². The van der Waals surface area contributed by atoms with Crippen molar-refractivity contribution in [3.8, 4) is 5.75 Å². The number of ether oxygens (including phenoxy) is 1. The number of hydrogen-bond acceptors (Lipinski definition) is 8. The molecule has 0 radical (unpaired) electrons. The van der Waals surface area contributed by atoms with Crippen molar-refractivity contribution in [2.75, 3.05) is 26.7 Å². The molecule has 0 unspecified atom stereocenters. The molecule has 0 bridgehead atoms. The highest BCUT2D eigenvalue weighted by atomic mass is 32.1. The number of aromatic nitrogens is 2. The van der Waals surface area contributed by atoms with Gasteiger partial charge in [-0.25, -0.2) is 24.2 Å². The number of thiophene rings is 1. The fraction of sp³-hybridized carbons (Fsp3) is 0.321. The number of rotatable bonds is 4. The Labute approximate surface area is 239 Å². The number of benzene rings is 1. The molecule has 13 heteroatoms. The Bertz CT molecular complexity index is 1310. The topological polar surface area (TPSA) is 179 Å².